The Morgan fingerprint density at radius 1 is 1.42 bits per heavy atom. The molecular formula is C16H23BrO2. The second-order valence-corrected chi connectivity index (χ2v) is 6.81. The fourth-order valence-electron chi connectivity index (χ4n) is 3.20. The molecule has 0 amide bonds. The van der Waals surface area contributed by atoms with Crippen LogP contribution in [0.2, 0.25) is 0 Å². The van der Waals surface area contributed by atoms with E-state index in [2.05, 4.69) is 35.8 Å². The summed E-state index contributed by atoms with van der Waals surface area (Å²) in [5, 5.41) is 11.0. The molecule has 1 N–H and O–H groups in total. The number of halogens is 1. The Morgan fingerprint density at radius 3 is 2.84 bits per heavy atom. The van der Waals surface area contributed by atoms with Gasteiger partial charge in [-0.25, -0.2) is 0 Å². The number of aliphatic hydroxyl groups is 1. The van der Waals surface area contributed by atoms with Gasteiger partial charge in [-0.1, -0.05) is 42.6 Å². The summed E-state index contributed by atoms with van der Waals surface area (Å²) in [5.74, 6) is 1.77. The summed E-state index contributed by atoms with van der Waals surface area (Å²) in [6.07, 6.45) is 3.88. The normalized spacial score (nSPS) is 31.2. The molecule has 3 atom stereocenters. The number of hydrogen-bond donors (Lipinski definition) is 1. The van der Waals surface area contributed by atoms with Crippen molar-refractivity contribution in [1.82, 2.24) is 0 Å². The Balaban J connectivity index is 2.26. The summed E-state index contributed by atoms with van der Waals surface area (Å²) >= 11 is 3.50. The standard InChI is InChI=1S/C16H23BrO2/c1-11-5-4-8-16(18,12(11)2)10-13-9-14(17)6-7-15(13)19-3/h6-7,9,11-12,18H,4-5,8,10H2,1-3H3. The average Bonchev–Trinajstić information content (AvgIpc) is 2.36. The quantitative estimate of drug-likeness (QED) is 0.902. The molecule has 1 aromatic rings. The van der Waals surface area contributed by atoms with Gasteiger partial charge >= 0.3 is 0 Å². The second kappa shape index (κ2) is 5.84. The predicted octanol–water partition coefficient (Wildman–Crippen LogP) is 4.19. The molecule has 0 bridgehead atoms. The summed E-state index contributed by atoms with van der Waals surface area (Å²) in [4.78, 5) is 0. The first-order chi connectivity index (χ1) is 8.96. The first-order valence-electron chi connectivity index (χ1n) is 7.01. The minimum absolute atomic E-state index is 0.324. The predicted molar refractivity (Wildman–Crippen MR) is 81.5 cm³/mol. The van der Waals surface area contributed by atoms with Gasteiger partial charge in [-0.05, 0) is 42.0 Å². The maximum atomic E-state index is 11.0. The van der Waals surface area contributed by atoms with E-state index in [0.29, 0.717) is 18.3 Å². The minimum Gasteiger partial charge on any atom is -0.496 e. The van der Waals surface area contributed by atoms with E-state index in [9.17, 15) is 5.11 Å². The van der Waals surface area contributed by atoms with E-state index in [1.165, 1.54) is 6.42 Å². The van der Waals surface area contributed by atoms with Crippen LogP contribution in [-0.4, -0.2) is 17.8 Å². The van der Waals surface area contributed by atoms with E-state index in [4.69, 9.17) is 4.74 Å². The van der Waals surface area contributed by atoms with Crippen molar-refractivity contribution in [1.29, 1.82) is 0 Å². The molecule has 3 unspecified atom stereocenters. The maximum absolute atomic E-state index is 11.0. The van der Waals surface area contributed by atoms with Gasteiger partial charge in [0.2, 0.25) is 0 Å². The van der Waals surface area contributed by atoms with Crippen molar-refractivity contribution in [2.24, 2.45) is 11.8 Å². The Labute approximate surface area is 124 Å². The third kappa shape index (κ3) is 3.14. The van der Waals surface area contributed by atoms with Crippen molar-refractivity contribution in [3.05, 3.63) is 28.2 Å². The molecule has 1 fully saturated rings. The molecule has 0 saturated heterocycles. The van der Waals surface area contributed by atoms with Crippen LogP contribution in [0.4, 0.5) is 0 Å². The van der Waals surface area contributed by atoms with Gasteiger partial charge < -0.3 is 9.84 Å². The molecule has 1 aliphatic carbocycles. The third-order valence-corrected chi connectivity index (χ3v) is 5.20. The molecular weight excluding hydrogens is 304 g/mol. The van der Waals surface area contributed by atoms with E-state index in [0.717, 1.165) is 28.6 Å². The van der Waals surface area contributed by atoms with E-state index in [-0.39, 0.29) is 0 Å². The van der Waals surface area contributed by atoms with Crippen molar-refractivity contribution in [3.63, 3.8) is 0 Å². The molecule has 1 saturated carbocycles. The summed E-state index contributed by atoms with van der Waals surface area (Å²) in [6.45, 7) is 4.42. The van der Waals surface area contributed by atoms with Crippen LogP contribution < -0.4 is 4.74 Å². The summed E-state index contributed by atoms with van der Waals surface area (Å²) in [5.41, 5.74) is 0.478. The number of benzene rings is 1. The van der Waals surface area contributed by atoms with Crippen molar-refractivity contribution in [3.8, 4) is 5.75 Å². The smallest absolute Gasteiger partial charge is 0.122 e. The van der Waals surface area contributed by atoms with Crippen LogP contribution in [0.25, 0.3) is 0 Å². The Kier molecular flexibility index (Phi) is 4.57. The van der Waals surface area contributed by atoms with Gasteiger partial charge in [0.1, 0.15) is 5.75 Å². The van der Waals surface area contributed by atoms with Crippen LogP contribution >= 0.6 is 15.9 Å². The lowest BCUT2D eigenvalue weighted by atomic mass is 9.68. The highest BCUT2D eigenvalue weighted by molar-refractivity contribution is 9.10. The van der Waals surface area contributed by atoms with Crippen LogP contribution in [0.5, 0.6) is 5.75 Å². The molecule has 106 valence electrons. The highest BCUT2D eigenvalue weighted by Crippen LogP contribution is 2.41. The van der Waals surface area contributed by atoms with E-state index >= 15 is 0 Å². The zero-order valence-electron chi connectivity index (χ0n) is 11.9. The topological polar surface area (TPSA) is 29.5 Å². The zero-order chi connectivity index (χ0) is 14.0. The minimum atomic E-state index is -0.605. The van der Waals surface area contributed by atoms with Gasteiger partial charge in [-0.3, -0.25) is 0 Å². The van der Waals surface area contributed by atoms with Crippen LogP contribution in [0.1, 0.15) is 38.7 Å². The van der Waals surface area contributed by atoms with Crippen LogP contribution in [-0.2, 0) is 6.42 Å². The first kappa shape index (κ1) is 14.9. The zero-order valence-corrected chi connectivity index (χ0v) is 13.5. The second-order valence-electron chi connectivity index (χ2n) is 5.89. The highest BCUT2D eigenvalue weighted by Gasteiger charge is 2.40. The maximum Gasteiger partial charge on any atom is 0.122 e. The summed E-state index contributed by atoms with van der Waals surface area (Å²) in [7, 11) is 1.68. The lowest BCUT2D eigenvalue weighted by molar-refractivity contribution is -0.0623. The molecule has 19 heavy (non-hydrogen) atoms. The van der Waals surface area contributed by atoms with Crippen molar-refractivity contribution in [2.45, 2.75) is 45.1 Å². The fourth-order valence-corrected chi connectivity index (χ4v) is 3.61. The fraction of sp³-hybridized carbons (Fsp3) is 0.625. The number of methoxy groups -OCH3 is 1. The molecule has 0 aromatic heterocycles. The molecule has 1 aliphatic rings. The monoisotopic (exact) mass is 326 g/mol. The number of ether oxygens (including phenoxy) is 1. The van der Waals surface area contributed by atoms with Crippen molar-refractivity contribution < 1.29 is 9.84 Å². The lowest BCUT2D eigenvalue weighted by Crippen LogP contribution is -2.44. The van der Waals surface area contributed by atoms with E-state index in [1.54, 1.807) is 7.11 Å². The third-order valence-electron chi connectivity index (χ3n) is 4.71. The van der Waals surface area contributed by atoms with Crippen LogP contribution in [0.15, 0.2) is 22.7 Å². The Hall–Kier alpha value is -0.540. The van der Waals surface area contributed by atoms with Crippen LogP contribution in [0.3, 0.4) is 0 Å². The van der Waals surface area contributed by atoms with E-state index in [1.807, 2.05) is 12.1 Å². The Bertz CT molecular complexity index is 446. The Morgan fingerprint density at radius 2 is 2.16 bits per heavy atom. The summed E-state index contributed by atoms with van der Waals surface area (Å²) in [6, 6.07) is 5.99. The van der Waals surface area contributed by atoms with Crippen LogP contribution in [0, 0.1) is 11.8 Å². The number of rotatable bonds is 3. The van der Waals surface area contributed by atoms with Gasteiger partial charge in [0, 0.05) is 10.9 Å². The number of hydrogen-bond acceptors (Lipinski definition) is 2. The van der Waals surface area contributed by atoms with Crippen molar-refractivity contribution in [2.75, 3.05) is 7.11 Å². The molecule has 2 rings (SSSR count). The largest absolute Gasteiger partial charge is 0.496 e. The molecule has 0 aliphatic heterocycles. The molecule has 0 spiro atoms. The summed E-state index contributed by atoms with van der Waals surface area (Å²) < 4.78 is 6.45. The van der Waals surface area contributed by atoms with E-state index < -0.39 is 5.60 Å². The molecule has 2 nitrogen and oxygen atoms in total. The van der Waals surface area contributed by atoms with Gasteiger partial charge in [-0.2, -0.15) is 0 Å². The highest BCUT2D eigenvalue weighted by atomic mass is 79.9. The van der Waals surface area contributed by atoms with Crippen molar-refractivity contribution >= 4 is 15.9 Å². The SMILES string of the molecule is COc1ccc(Br)cc1CC1(O)CCCC(C)C1C. The molecule has 0 radical (unpaired) electrons. The molecule has 0 heterocycles. The van der Waals surface area contributed by atoms with Gasteiger partial charge in [-0.15, -0.1) is 0 Å². The van der Waals surface area contributed by atoms with Gasteiger partial charge in [0.25, 0.3) is 0 Å². The average molecular weight is 327 g/mol. The first-order valence-corrected chi connectivity index (χ1v) is 7.80. The molecule has 1 aromatic carbocycles. The van der Waals surface area contributed by atoms with Gasteiger partial charge in [0.05, 0.1) is 12.7 Å². The van der Waals surface area contributed by atoms with Gasteiger partial charge in [0.15, 0.2) is 0 Å². The lowest BCUT2D eigenvalue weighted by Gasteiger charge is -2.42. The molecule has 3 heteroatoms.